The van der Waals surface area contributed by atoms with E-state index in [1.165, 1.54) is 0 Å². The third kappa shape index (κ3) is 10.1. The fourth-order valence-corrected chi connectivity index (χ4v) is 7.18. The van der Waals surface area contributed by atoms with Crippen LogP contribution in [0.4, 0.5) is 0 Å². The lowest BCUT2D eigenvalue weighted by Crippen LogP contribution is -2.70. The summed E-state index contributed by atoms with van der Waals surface area (Å²) >= 11 is -1.42. The van der Waals surface area contributed by atoms with Crippen LogP contribution in [0.3, 0.4) is 0 Å². The van der Waals surface area contributed by atoms with Gasteiger partial charge in [-0.3, -0.25) is 33.7 Å². The van der Waals surface area contributed by atoms with E-state index in [1.807, 2.05) is 0 Å². The summed E-state index contributed by atoms with van der Waals surface area (Å²) in [5.41, 5.74) is 0. The Hall–Kier alpha value is -4.80. The van der Waals surface area contributed by atoms with Crippen molar-refractivity contribution >= 4 is 52.8 Å². The highest BCUT2D eigenvalue weighted by Gasteiger charge is 2.64. The Kier molecular flexibility index (Phi) is 14.1. The van der Waals surface area contributed by atoms with Crippen LogP contribution < -0.4 is 0 Å². The minimum Gasteiger partial charge on any atom is -0.465 e. The van der Waals surface area contributed by atoms with Gasteiger partial charge in [0.2, 0.25) is 23.0 Å². The van der Waals surface area contributed by atoms with Crippen molar-refractivity contribution in [1.29, 1.82) is 0 Å². The normalized spacial score (nSPS) is 21.2. The number of imide groups is 1. The second kappa shape index (κ2) is 17.7. The van der Waals surface area contributed by atoms with Gasteiger partial charge in [-0.05, 0) is 24.3 Å². The molecule has 0 aliphatic carbocycles. The van der Waals surface area contributed by atoms with Gasteiger partial charge in [-0.2, -0.15) is 0 Å². The SMILES string of the molecule is COC(=O)[C@]1(O[S+](c2ccccc2)c2ccccc2)C[C@H](OC(C)=O)[C@@H](N(C(C)=O)C(C)=O)[C@H]([C@H](OC(C)=O)[C@@H](COC(C)=O)OC(C)=O)O1. The van der Waals surface area contributed by atoms with Gasteiger partial charge in [-0.1, -0.05) is 36.4 Å². The topological polar surface area (TPSA) is 187 Å². The second-order valence-corrected chi connectivity index (χ2v) is 12.7. The quantitative estimate of drug-likeness (QED) is 0.167. The molecule has 50 heavy (non-hydrogen) atoms. The molecule has 1 aliphatic heterocycles. The van der Waals surface area contributed by atoms with Crippen molar-refractivity contribution in [1.82, 2.24) is 4.90 Å². The smallest absolute Gasteiger partial charge is 0.372 e. The van der Waals surface area contributed by atoms with Gasteiger partial charge in [0.25, 0.3) is 0 Å². The second-order valence-electron chi connectivity index (χ2n) is 11.1. The van der Waals surface area contributed by atoms with Crippen molar-refractivity contribution in [2.24, 2.45) is 0 Å². The molecular formula is C34H40NO14S+. The van der Waals surface area contributed by atoms with E-state index < -0.39 is 102 Å². The van der Waals surface area contributed by atoms with E-state index in [0.717, 1.165) is 48.7 Å². The Morgan fingerprint density at radius 3 is 1.72 bits per heavy atom. The van der Waals surface area contributed by atoms with E-state index in [4.69, 9.17) is 32.6 Å². The van der Waals surface area contributed by atoms with Gasteiger partial charge >= 0.3 is 35.6 Å². The van der Waals surface area contributed by atoms with Gasteiger partial charge in [0.1, 0.15) is 24.9 Å². The molecule has 15 nitrogen and oxygen atoms in total. The predicted octanol–water partition coefficient (Wildman–Crippen LogP) is 2.43. The van der Waals surface area contributed by atoms with E-state index in [0.29, 0.717) is 14.7 Å². The minimum absolute atomic E-state index is 0.589. The first-order valence-corrected chi connectivity index (χ1v) is 16.5. The van der Waals surface area contributed by atoms with E-state index in [2.05, 4.69) is 0 Å². The molecule has 6 atom stereocenters. The molecule has 3 rings (SSSR count). The molecule has 16 heteroatoms. The zero-order valence-corrected chi connectivity index (χ0v) is 29.5. The molecule has 0 radical (unpaired) electrons. The fourth-order valence-electron chi connectivity index (χ4n) is 5.46. The van der Waals surface area contributed by atoms with Crippen LogP contribution in [0, 0.1) is 0 Å². The molecule has 0 bridgehead atoms. The molecule has 1 heterocycles. The van der Waals surface area contributed by atoms with Crippen LogP contribution >= 0.6 is 0 Å². The number of carbonyl (C=O) groups is 7. The van der Waals surface area contributed by atoms with E-state index in [9.17, 15) is 33.6 Å². The Bertz CT molecular complexity index is 1500. The summed E-state index contributed by atoms with van der Waals surface area (Å²) in [6.07, 6.45) is -7.50. The average molecular weight is 719 g/mol. The first-order chi connectivity index (χ1) is 23.6. The first-order valence-electron chi connectivity index (χ1n) is 15.4. The van der Waals surface area contributed by atoms with Crippen LogP contribution in [0.15, 0.2) is 70.5 Å². The molecule has 2 aromatic carbocycles. The van der Waals surface area contributed by atoms with Gasteiger partial charge in [0.15, 0.2) is 22.0 Å². The van der Waals surface area contributed by atoms with Gasteiger partial charge in [-0.25, -0.2) is 4.79 Å². The number of rotatable bonds is 13. The molecule has 0 aromatic heterocycles. The number of esters is 5. The number of benzene rings is 2. The summed E-state index contributed by atoms with van der Waals surface area (Å²) in [5, 5.41) is 0. The zero-order valence-electron chi connectivity index (χ0n) is 28.6. The Morgan fingerprint density at radius 2 is 1.30 bits per heavy atom. The number of hydrogen-bond donors (Lipinski definition) is 0. The lowest BCUT2D eigenvalue weighted by atomic mass is 9.87. The lowest BCUT2D eigenvalue weighted by Gasteiger charge is -2.49. The van der Waals surface area contributed by atoms with Crippen LogP contribution in [0.25, 0.3) is 0 Å². The van der Waals surface area contributed by atoms with Gasteiger partial charge in [0.05, 0.1) is 13.5 Å². The van der Waals surface area contributed by atoms with Gasteiger partial charge < -0.3 is 28.4 Å². The fraction of sp³-hybridized carbons (Fsp3) is 0.441. The van der Waals surface area contributed by atoms with E-state index >= 15 is 0 Å². The number of carbonyl (C=O) groups excluding carboxylic acids is 7. The Labute approximate surface area is 291 Å². The lowest BCUT2D eigenvalue weighted by molar-refractivity contribution is -0.294. The van der Waals surface area contributed by atoms with Crippen LogP contribution in [0.2, 0.25) is 0 Å². The first kappa shape index (κ1) is 39.6. The predicted molar refractivity (Wildman–Crippen MR) is 172 cm³/mol. The molecule has 1 fully saturated rings. The van der Waals surface area contributed by atoms with E-state index in [1.54, 1.807) is 60.7 Å². The highest BCUT2D eigenvalue weighted by molar-refractivity contribution is 7.92. The molecular weight excluding hydrogens is 678 g/mol. The number of methoxy groups -OCH3 is 1. The summed E-state index contributed by atoms with van der Waals surface area (Å²) in [6.45, 7) is 5.64. The largest absolute Gasteiger partial charge is 0.465 e. The molecule has 0 N–H and O–H groups in total. The maximum atomic E-state index is 14.0. The van der Waals surface area contributed by atoms with Crippen molar-refractivity contribution in [3.8, 4) is 0 Å². The third-order valence-electron chi connectivity index (χ3n) is 7.20. The van der Waals surface area contributed by atoms with E-state index in [-0.39, 0.29) is 0 Å². The number of ether oxygens (including phenoxy) is 6. The van der Waals surface area contributed by atoms with Crippen molar-refractivity contribution < 1.29 is 66.2 Å². The summed E-state index contributed by atoms with van der Waals surface area (Å²) in [7, 11) is 1.06. The van der Waals surface area contributed by atoms with Crippen molar-refractivity contribution in [3.63, 3.8) is 0 Å². The van der Waals surface area contributed by atoms with Crippen LogP contribution in [0.1, 0.15) is 48.0 Å². The van der Waals surface area contributed by atoms with Crippen molar-refractivity contribution in [2.45, 2.75) is 94.0 Å². The minimum atomic E-state index is -2.50. The molecule has 0 saturated carbocycles. The highest BCUT2D eigenvalue weighted by Crippen LogP contribution is 2.42. The summed E-state index contributed by atoms with van der Waals surface area (Å²) in [4.78, 5) is 91.5. The number of hydrogen-bond acceptors (Lipinski definition) is 14. The highest BCUT2D eigenvalue weighted by atomic mass is 32.2. The van der Waals surface area contributed by atoms with Gasteiger partial charge in [-0.15, -0.1) is 4.18 Å². The monoisotopic (exact) mass is 718 g/mol. The number of amides is 2. The van der Waals surface area contributed by atoms with Crippen LogP contribution in [-0.4, -0.2) is 96.5 Å². The van der Waals surface area contributed by atoms with Crippen LogP contribution in [-0.2, 0) is 77.3 Å². The van der Waals surface area contributed by atoms with Crippen molar-refractivity contribution in [3.05, 3.63) is 60.7 Å². The Balaban J connectivity index is 2.39. The zero-order chi connectivity index (χ0) is 37.2. The summed E-state index contributed by atoms with van der Waals surface area (Å²) in [6, 6.07) is 15.9. The molecule has 0 unspecified atom stereocenters. The summed E-state index contributed by atoms with van der Waals surface area (Å²) < 4.78 is 40.2. The average Bonchev–Trinajstić information content (AvgIpc) is 3.05. The number of nitrogens with zero attached hydrogens (tertiary/aromatic N) is 1. The van der Waals surface area contributed by atoms with Crippen molar-refractivity contribution in [2.75, 3.05) is 13.7 Å². The summed E-state index contributed by atoms with van der Waals surface area (Å²) in [5.74, 6) is -8.81. The van der Waals surface area contributed by atoms with Crippen LogP contribution in [0.5, 0.6) is 0 Å². The molecule has 0 spiro atoms. The standard InChI is InChI=1S/C34H40NO14S/c1-20(36)35(21(2)37)30-28(45-23(4)39)18-34(33(42)43-7,49-50(26-14-10-8-11-15-26)27-16-12-9-13-17-27)48-32(30)31(47-25(6)41)29(46-24(5)40)19-44-22(3)38/h8-17,28-32H,18-19H2,1-7H3/q+1/t28-,29+,30+,31+,32+,34+/m0/s1. The molecule has 270 valence electrons. The molecule has 2 amide bonds. The van der Waals surface area contributed by atoms with Gasteiger partial charge in [0, 0.05) is 41.5 Å². The third-order valence-corrected chi connectivity index (χ3v) is 9.03. The Morgan fingerprint density at radius 1 is 0.780 bits per heavy atom. The molecule has 1 aliphatic rings. The maximum Gasteiger partial charge on any atom is 0.372 e. The molecule has 1 saturated heterocycles. The maximum absolute atomic E-state index is 14.0. The molecule has 2 aromatic rings.